The van der Waals surface area contributed by atoms with Crippen molar-refractivity contribution in [3.63, 3.8) is 0 Å². The Labute approximate surface area is 213 Å². The molecule has 0 bridgehead atoms. The average Bonchev–Trinajstić information content (AvgIpc) is 3.17. The van der Waals surface area contributed by atoms with Crippen LogP contribution in [0.2, 0.25) is 5.02 Å². The van der Waals surface area contributed by atoms with Crippen molar-refractivity contribution in [2.24, 2.45) is 0 Å². The highest BCUT2D eigenvalue weighted by atomic mass is 35.5. The molecule has 1 aliphatic rings. The molecule has 3 aromatic rings. The van der Waals surface area contributed by atoms with Crippen LogP contribution in [0, 0.1) is 13.8 Å². The first-order valence-electron chi connectivity index (χ1n) is 12.4. The topological polar surface area (TPSA) is 59.8 Å². The summed E-state index contributed by atoms with van der Waals surface area (Å²) in [6.07, 6.45) is 7.16. The number of halogens is 1. The van der Waals surface area contributed by atoms with Crippen LogP contribution in [0.3, 0.4) is 0 Å². The third-order valence-corrected chi connectivity index (χ3v) is 6.80. The highest BCUT2D eigenvalue weighted by molar-refractivity contribution is 6.32. The van der Waals surface area contributed by atoms with Gasteiger partial charge in [-0.3, -0.25) is 9.58 Å². The van der Waals surface area contributed by atoms with Gasteiger partial charge in [-0.05, 0) is 80.6 Å². The third-order valence-electron chi connectivity index (χ3n) is 6.49. The van der Waals surface area contributed by atoms with E-state index >= 15 is 0 Å². The Morgan fingerprint density at radius 2 is 1.86 bits per heavy atom. The van der Waals surface area contributed by atoms with E-state index in [1.807, 2.05) is 61.3 Å². The number of likely N-dealkylation sites (tertiary alicyclic amines) is 1. The van der Waals surface area contributed by atoms with Gasteiger partial charge in [-0.15, -0.1) is 0 Å². The smallest absolute Gasteiger partial charge is 0.138 e. The van der Waals surface area contributed by atoms with Gasteiger partial charge in [0.25, 0.3) is 0 Å². The van der Waals surface area contributed by atoms with Crippen molar-refractivity contribution in [2.45, 2.75) is 58.2 Å². The van der Waals surface area contributed by atoms with Gasteiger partial charge in [0, 0.05) is 32.3 Å². The summed E-state index contributed by atoms with van der Waals surface area (Å²) in [4.78, 5) is 2.40. The van der Waals surface area contributed by atoms with Crippen molar-refractivity contribution in [2.75, 3.05) is 26.3 Å². The summed E-state index contributed by atoms with van der Waals surface area (Å²) in [7, 11) is 0. The van der Waals surface area contributed by atoms with E-state index in [1.54, 1.807) is 0 Å². The van der Waals surface area contributed by atoms with Crippen LogP contribution in [0.1, 0.15) is 42.4 Å². The minimum atomic E-state index is -0.839. The number of hydrogen-bond donors (Lipinski definition) is 1. The molecule has 6 nitrogen and oxygen atoms in total. The van der Waals surface area contributed by atoms with E-state index in [2.05, 4.69) is 22.1 Å². The Hall–Kier alpha value is -2.54. The molecule has 0 aliphatic carbocycles. The SMILES string of the molecule is Cc1ccc(Cl)c(OCC2(O)CCCN(Cc3ccc(OCCCn4cc(C)cn4)cc3)CC2)c1. The van der Waals surface area contributed by atoms with Crippen LogP contribution < -0.4 is 9.47 Å². The molecule has 1 atom stereocenters. The molecule has 35 heavy (non-hydrogen) atoms. The molecule has 1 aromatic heterocycles. The lowest BCUT2D eigenvalue weighted by Gasteiger charge is -2.27. The van der Waals surface area contributed by atoms with Gasteiger partial charge in [-0.2, -0.15) is 5.10 Å². The number of benzene rings is 2. The van der Waals surface area contributed by atoms with Gasteiger partial charge in [0.05, 0.1) is 23.4 Å². The van der Waals surface area contributed by atoms with Gasteiger partial charge in [0.15, 0.2) is 0 Å². The normalized spacial score (nSPS) is 18.9. The number of aryl methyl sites for hydroxylation is 3. The van der Waals surface area contributed by atoms with Gasteiger partial charge in [-0.1, -0.05) is 29.8 Å². The molecule has 0 spiro atoms. The summed E-state index contributed by atoms with van der Waals surface area (Å²) in [5.41, 5.74) is 2.67. The highest BCUT2D eigenvalue weighted by Gasteiger charge is 2.31. The second kappa shape index (κ2) is 11.9. The monoisotopic (exact) mass is 497 g/mol. The van der Waals surface area contributed by atoms with Crippen molar-refractivity contribution >= 4 is 11.6 Å². The molecule has 2 aromatic carbocycles. The lowest BCUT2D eigenvalue weighted by atomic mass is 9.96. The Bertz CT molecular complexity index is 1090. The van der Waals surface area contributed by atoms with Gasteiger partial charge >= 0.3 is 0 Å². The van der Waals surface area contributed by atoms with E-state index in [-0.39, 0.29) is 6.61 Å². The predicted molar refractivity (Wildman–Crippen MR) is 139 cm³/mol. The van der Waals surface area contributed by atoms with Gasteiger partial charge in [0.1, 0.15) is 18.1 Å². The maximum Gasteiger partial charge on any atom is 0.138 e. The second-order valence-corrected chi connectivity index (χ2v) is 10.1. The number of rotatable bonds is 10. The molecule has 188 valence electrons. The van der Waals surface area contributed by atoms with Gasteiger partial charge < -0.3 is 14.6 Å². The zero-order chi connectivity index (χ0) is 24.7. The molecule has 4 rings (SSSR count). The maximum absolute atomic E-state index is 11.2. The number of aliphatic hydroxyl groups is 1. The molecule has 0 amide bonds. The Morgan fingerprint density at radius 1 is 1.03 bits per heavy atom. The van der Waals surface area contributed by atoms with Crippen LogP contribution in [0.15, 0.2) is 54.9 Å². The average molecular weight is 498 g/mol. The van der Waals surface area contributed by atoms with Crippen molar-refractivity contribution in [3.05, 3.63) is 76.6 Å². The molecule has 1 aliphatic heterocycles. The molecule has 7 heteroatoms. The summed E-state index contributed by atoms with van der Waals surface area (Å²) < 4.78 is 13.8. The van der Waals surface area contributed by atoms with E-state index in [4.69, 9.17) is 21.1 Å². The van der Waals surface area contributed by atoms with Crippen LogP contribution >= 0.6 is 11.6 Å². The van der Waals surface area contributed by atoms with E-state index in [9.17, 15) is 5.11 Å². The third kappa shape index (κ3) is 7.72. The van der Waals surface area contributed by atoms with Crippen molar-refractivity contribution < 1.29 is 14.6 Å². The molecule has 1 N–H and O–H groups in total. The Morgan fingerprint density at radius 3 is 2.63 bits per heavy atom. The summed E-state index contributed by atoms with van der Waals surface area (Å²) in [5.74, 6) is 1.53. The van der Waals surface area contributed by atoms with Crippen LogP contribution in [0.5, 0.6) is 11.5 Å². The number of hydrogen-bond acceptors (Lipinski definition) is 5. The number of aromatic nitrogens is 2. The lowest BCUT2D eigenvalue weighted by molar-refractivity contribution is -0.0168. The summed E-state index contributed by atoms with van der Waals surface area (Å²) >= 11 is 6.25. The van der Waals surface area contributed by atoms with Crippen molar-refractivity contribution in [3.8, 4) is 11.5 Å². The molecule has 0 radical (unpaired) electrons. The summed E-state index contributed by atoms with van der Waals surface area (Å²) in [5, 5.41) is 16.0. The molecule has 0 saturated carbocycles. The quantitative estimate of drug-likeness (QED) is 0.379. The molecular formula is C28H36ClN3O3. The predicted octanol–water partition coefficient (Wildman–Crippen LogP) is 5.42. The summed E-state index contributed by atoms with van der Waals surface area (Å²) in [6, 6.07) is 14.1. The largest absolute Gasteiger partial charge is 0.494 e. The Balaban J connectivity index is 1.20. The van der Waals surface area contributed by atoms with E-state index in [0.717, 1.165) is 56.8 Å². The fourth-order valence-corrected chi connectivity index (χ4v) is 4.60. The molecule has 2 heterocycles. The minimum Gasteiger partial charge on any atom is -0.494 e. The second-order valence-electron chi connectivity index (χ2n) is 9.70. The fourth-order valence-electron chi connectivity index (χ4n) is 4.43. The highest BCUT2D eigenvalue weighted by Crippen LogP contribution is 2.29. The maximum atomic E-state index is 11.2. The first-order chi connectivity index (χ1) is 16.9. The minimum absolute atomic E-state index is 0.260. The fraction of sp³-hybridized carbons (Fsp3) is 0.464. The molecule has 1 unspecified atom stereocenters. The first kappa shape index (κ1) is 25.5. The standard InChI is InChI=1S/C28H36ClN3O3/c1-22-5-10-26(29)27(17-22)35-21-28(33)11-3-13-31(15-12-28)20-24-6-8-25(9-7-24)34-16-4-14-32-19-23(2)18-30-32/h5-10,17-19,33H,3-4,11-16,20-21H2,1-2H3. The van der Waals surface area contributed by atoms with Crippen LogP contribution in [-0.4, -0.2) is 51.7 Å². The van der Waals surface area contributed by atoms with Crippen LogP contribution in [0.4, 0.5) is 0 Å². The molecular weight excluding hydrogens is 462 g/mol. The molecule has 1 saturated heterocycles. The number of ether oxygens (including phenoxy) is 2. The first-order valence-corrected chi connectivity index (χ1v) is 12.8. The lowest BCUT2D eigenvalue weighted by Crippen LogP contribution is -2.37. The number of nitrogens with zero attached hydrogens (tertiary/aromatic N) is 3. The Kier molecular flexibility index (Phi) is 8.71. The summed E-state index contributed by atoms with van der Waals surface area (Å²) in [6.45, 7) is 8.48. The van der Waals surface area contributed by atoms with Crippen LogP contribution in [-0.2, 0) is 13.1 Å². The van der Waals surface area contributed by atoms with Gasteiger partial charge in [0.2, 0.25) is 0 Å². The molecule has 1 fully saturated rings. The van der Waals surface area contributed by atoms with Gasteiger partial charge in [-0.25, -0.2) is 0 Å². The van der Waals surface area contributed by atoms with E-state index < -0.39 is 5.60 Å². The zero-order valence-electron chi connectivity index (χ0n) is 20.8. The van der Waals surface area contributed by atoms with Crippen molar-refractivity contribution in [1.82, 2.24) is 14.7 Å². The van der Waals surface area contributed by atoms with E-state index in [0.29, 0.717) is 23.8 Å². The van der Waals surface area contributed by atoms with E-state index in [1.165, 1.54) is 11.1 Å². The zero-order valence-corrected chi connectivity index (χ0v) is 21.5. The van der Waals surface area contributed by atoms with Crippen LogP contribution in [0.25, 0.3) is 0 Å². The van der Waals surface area contributed by atoms with Crippen molar-refractivity contribution in [1.29, 1.82) is 0 Å².